The summed E-state index contributed by atoms with van der Waals surface area (Å²) in [6.07, 6.45) is 9.84. The molecule has 0 aromatic carbocycles. The van der Waals surface area contributed by atoms with Gasteiger partial charge >= 0.3 is 0 Å². The molecule has 2 bridgehead atoms. The number of alkyl halides is 2. The van der Waals surface area contributed by atoms with E-state index in [9.17, 15) is 13.6 Å². The van der Waals surface area contributed by atoms with Gasteiger partial charge in [-0.15, -0.1) is 0 Å². The summed E-state index contributed by atoms with van der Waals surface area (Å²) in [4.78, 5) is 22.7. The van der Waals surface area contributed by atoms with Crippen molar-refractivity contribution in [3.63, 3.8) is 0 Å². The lowest BCUT2D eigenvalue weighted by Crippen LogP contribution is -2.37. The smallest absolute Gasteiger partial charge is 0.284 e. The fraction of sp³-hybridized carbons (Fsp3) is 0.655. The van der Waals surface area contributed by atoms with Crippen LogP contribution in [0.2, 0.25) is 0 Å². The zero-order valence-corrected chi connectivity index (χ0v) is 23.8. The summed E-state index contributed by atoms with van der Waals surface area (Å²) in [5.41, 5.74) is 0.227. The number of nitrogens with zero attached hydrogens (tertiary/aromatic N) is 7. The zero-order chi connectivity index (χ0) is 28.6. The molecule has 4 saturated heterocycles. The molecule has 0 aliphatic carbocycles. The first kappa shape index (κ1) is 27.7. The van der Waals surface area contributed by atoms with Crippen LogP contribution in [-0.2, 0) is 4.74 Å². The summed E-state index contributed by atoms with van der Waals surface area (Å²) < 4.78 is 36.9. The molecule has 0 unspecified atom stereocenters. The number of piperidine rings is 2. The van der Waals surface area contributed by atoms with E-state index in [0.29, 0.717) is 12.3 Å². The van der Waals surface area contributed by atoms with Crippen LogP contribution < -0.4 is 15.5 Å². The van der Waals surface area contributed by atoms with Gasteiger partial charge in [-0.05, 0) is 76.6 Å². The molecule has 4 fully saturated rings. The van der Waals surface area contributed by atoms with Gasteiger partial charge in [-0.1, -0.05) is 0 Å². The summed E-state index contributed by atoms with van der Waals surface area (Å²) in [6.45, 7) is 6.62. The van der Waals surface area contributed by atoms with Crippen LogP contribution in [0.1, 0.15) is 73.5 Å². The third-order valence-corrected chi connectivity index (χ3v) is 9.49. The van der Waals surface area contributed by atoms with Gasteiger partial charge in [0.15, 0.2) is 11.3 Å². The fourth-order valence-electron chi connectivity index (χ4n) is 7.08. The highest BCUT2D eigenvalue weighted by atomic mass is 19.3. The molecule has 4 aliphatic heterocycles. The zero-order valence-electron chi connectivity index (χ0n) is 23.8. The summed E-state index contributed by atoms with van der Waals surface area (Å²) in [5, 5.41) is 14.6. The van der Waals surface area contributed by atoms with Crippen LogP contribution in [0.3, 0.4) is 0 Å². The number of anilines is 2. The number of carbonyl (C=O) groups is 1. The van der Waals surface area contributed by atoms with E-state index in [1.165, 1.54) is 36.4 Å². The summed E-state index contributed by atoms with van der Waals surface area (Å²) in [7, 11) is 0. The number of halogens is 2. The standard InChI is InChI=1S/C29H39F2N9O2/c30-27(31)26-24(17-40(36-26)20-5-11-37(12-6-20)10-1-2-19-3-8-32-9-4-19)34-29(41)23-15-33-39-13-7-25(35-28(23)39)38-16-22-14-21(38)18-42-22/h7,13,15,17,19-22,27,32H,1-6,8-12,14,16,18H2,(H,34,41)/t21-,22-/m1/s1. The molecule has 4 aliphatic rings. The highest BCUT2D eigenvalue weighted by Gasteiger charge is 2.39. The molecular formula is C29H39F2N9O2. The summed E-state index contributed by atoms with van der Waals surface area (Å²) in [6, 6.07) is 2.17. The second-order valence-electron chi connectivity index (χ2n) is 12.2. The molecule has 3 aromatic heterocycles. The van der Waals surface area contributed by atoms with Crippen LogP contribution in [0, 0.1) is 5.92 Å². The van der Waals surface area contributed by atoms with E-state index in [-0.39, 0.29) is 29.4 Å². The quantitative estimate of drug-likeness (QED) is 0.395. The number of carbonyl (C=O) groups excluding carboxylic acids is 1. The largest absolute Gasteiger partial charge is 0.374 e. The Morgan fingerprint density at radius 3 is 2.74 bits per heavy atom. The first-order valence-electron chi connectivity index (χ1n) is 15.4. The fourth-order valence-corrected chi connectivity index (χ4v) is 7.08. The van der Waals surface area contributed by atoms with E-state index in [4.69, 9.17) is 9.72 Å². The Balaban J connectivity index is 0.996. The Kier molecular flexibility index (Phi) is 7.80. The second kappa shape index (κ2) is 11.8. The third kappa shape index (κ3) is 5.61. The predicted molar refractivity (Wildman–Crippen MR) is 153 cm³/mol. The van der Waals surface area contributed by atoms with E-state index in [1.54, 1.807) is 17.1 Å². The van der Waals surface area contributed by atoms with Gasteiger partial charge in [0.25, 0.3) is 12.3 Å². The lowest BCUT2D eigenvalue weighted by Gasteiger charge is -2.32. The van der Waals surface area contributed by atoms with Crippen molar-refractivity contribution in [3.8, 4) is 0 Å². The lowest BCUT2D eigenvalue weighted by molar-refractivity contribution is 0.0988. The first-order valence-corrected chi connectivity index (χ1v) is 15.4. The van der Waals surface area contributed by atoms with Crippen molar-refractivity contribution in [2.24, 2.45) is 5.92 Å². The maximum absolute atomic E-state index is 14.0. The van der Waals surface area contributed by atoms with Crippen molar-refractivity contribution < 1.29 is 18.3 Å². The van der Waals surface area contributed by atoms with Crippen molar-refractivity contribution in [2.45, 2.75) is 69.6 Å². The van der Waals surface area contributed by atoms with E-state index < -0.39 is 18.0 Å². The van der Waals surface area contributed by atoms with Gasteiger partial charge in [0, 0.05) is 32.0 Å². The Hall–Kier alpha value is -3.16. The molecule has 11 nitrogen and oxygen atoms in total. The Bertz CT molecular complexity index is 1400. The predicted octanol–water partition coefficient (Wildman–Crippen LogP) is 3.51. The number of aromatic nitrogens is 5. The van der Waals surface area contributed by atoms with Gasteiger partial charge in [-0.25, -0.2) is 18.3 Å². The average molecular weight is 584 g/mol. The molecule has 226 valence electrons. The number of hydrogen-bond acceptors (Lipinski definition) is 8. The highest BCUT2D eigenvalue weighted by molar-refractivity contribution is 6.08. The topological polar surface area (TPSA) is 105 Å². The van der Waals surface area contributed by atoms with Gasteiger partial charge in [0.1, 0.15) is 11.4 Å². The van der Waals surface area contributed by atoms with Crippen LogP contribution in [0.25, 0.3) is 5.65 Å². The minimum atomic E-state index is -2.81. The Labute approximate surface area is 243 Å². The third-order valence-electron chi connectivity index (χ3n) is 9.49. The molecule has 0 saturated carbocycles. The van der Waals surface area contributed by atoms with E-state index in [0.717, 1.165) is 70.3 Å². The number of likely N-dealkylation sites (tertiary alicyclic amines) is 1. The normalized spacial score (nSPS) is 23.9. The van der Waals surface area contributed by atoms with Crippen molar-refractivity contribution in [2.75, 3.05) is 56.1 Å². The summed E-state index contributed by atoms with van der Waals surface area (Å²) >= 11 is 0. The number of amides is 1. The number of fused-ring (bicyclic) bond motifs is 3. The lowest BCUT2D eigenvalue weighted by atomic mass is 9.93. The minimum Gasteiger partial charge on any atom is -0.374 e. The first-order chi connectivity index (χ1) is 20.5. The molecule has 42 heavy (non-hydrogen) atoms. The Morgan fingerprint density at radius 1 is 1.17 bits per heavy atom. The van der Waals surface area contributed by atoms with Gasteiger partial charge in [0.2, 0.25) is 0 Å². The van der Waals surface area contributed by atoms with Crippen LogP contribution in [0.15, 0.2) is 24.7 Å². The van der Waals surface area contributed by atoms with Crippen LogP contribution >= 0.6 is 0 Å². The molecule has 7 heterocycles. The molecule has 0 spiro atoms. The van der Waals surface area contributed by atoms with Crippen LogP contribution in [0.5, 0.6) is 0 Å². The molecule has 2 N–H and O–H groups in total. The van der Waals surface area contributed by atoms with E-state index in [2.05, 4.69) is 30.6 Å². The second-order valence-corrected chi connectivity index (χ2v) is 12.2. The molecule has 13 heteroatoms. The SMILES string of the molecule is O=C(Nc1cn(C2CCN(CCCC3CCNCC3)CC2)nc1C(F)F)c1cnn2ccc(N3C[C@H]4C[C@@H]3CO4)nc12. The van der Waals surface area contributed by atoms with Gasteiger partial charge in [0.05, 0.1) is 36.7 Å². The number of rotatable bonds is 9. The highest BCUT2D eigenvalue weighted by Crippen LogP contribution is 2.33. The summed E-state index contributed by atoms with van der Waals surface area (Å²) in [5.74, 6) is 1.06. The maximum Gasteiger partial charge on any atom is 0.284 e. The molecule has 2 atom stereocenters. The van der Waals surface area contributed by atoms with Crippen LogP contribution in [0.4, 0.5) is 20.3 Å². The van der Waals surface area contributed by atoms with E-state index >= 15 is 0 Å². The van der Waals surface area contributed by atoms with Gasteiger partial charge < -0.3 is 25.2 Å². The monoisotopic (exact) mass is 583 g/mol. The molecule has 7 rings (SSSR count). The van der Waals surface area contributed by atoms with E-state index in [1.807, 2.05) is 6.07 Å². The molecule has 1 amide bonds. The molecular weight excluding hydrogens is 544 g/mol. The number of morpholine rings is 1. The maximum atomic E-state index is 14.0. The minimum absolute atomic E-state index is 0.0230. The van der Waals surface area contributed by atoms with Gasteiger partial charge in [-0.2, -0.15) is 10.2 Å². The van der Waals surface area contributed by atoms with Gasteiger partial charge in [-0.3, -0.25) is 9.48 Å². The van der Waals surface area contributed by atoms with Crippen molar-refractivity contribution in [1.29, 1.82) is 0 Å². The number of nitrogens with one attached hydrogen (secondary N) is 2. The Morgan fingerprint density at radius 2 is 2.00 bits per heavy atom. The average Bonchev–Trinajstić information content (AvgIpc) is 3.81. The van der Waals surface area contributed by atoms with Crippen molar-refractivity contribution in [3.05, 3.63) is 35.9 Å². The molecule has 0 radical (unpaired) electrons. The van der Waals surface area contributed by atoms with Crippen molar-refractivity contribution >= 4 is 23.1 Å². The molecule has 3 aromatic rings. The van der Waals surface area contributed by atoms with Crippen LogP contribution in [-0.4, -0.2) is 93.2 Å². The number of ether oxygens (including phenoxy) is 1. The number of hydrogen-bond donors (Lipinski definition) is 2. The van der Waals surface area contributed by atoms with Crippen molar-refractivity contribution in [1.82, 2.24) is 34.6 Å².